The van der Waals surface area contributed by atoms with Crippen molar-refractivity contribution in [2.75, 3.05) is 13.1 Å². The van der Waals surface area contributed by atoms with E-state index in [1.165, 1.54) is 19.3 Å². The zero-order valence-corrected chi connectivity index (χ0v) is 14.1. The van der Waals surface area contributed by atoms with Gasteiger partial charge in [0.05, 0.1) is 0 Å². The van der Waals surface area contributed by atoms with E-state index >= 15 is 0 Å². The Morgan fingerprint density at radius 3 is 2.43 bits per heavy atom. The fraction of sp³-hybridized carbons (Fsp3) is 0.882. The van der Waals surface area contributed by atoms with Crippen molar-refractivity contribution in [3.8, 4) is 0 Å². The third-order valence-electron chi connectivity index (χ3n) is 3.82. The number of carbonyl (C=O) groups excluding carboxylic acids is 2. The van der Waals surface area contributed by atoms with Crippen molar-refractivity contribution in [1.82, 2.24) is 4.90 Å². The van der Waals surface area contributed by atoms with Crippen LogP contribution in [-0.4, -0.2) is 35.5 Å². The smallest absolute Gasteiger partial charge is 0.410 e. The Balaban J connectivity index is 2.27. The van der Waals surface area contributed by atoms with Gasteiger partial charge in [-0.2, -0.15) is 0 Å². The summed E-state index contributed by atoms with van der Waals surface area (Å²) < 4.78 is 5.35. The van der Waals surface area contributed by atoms with Crippen LogP contribution in [-0.2, 0) is 9.53 Å². The molecule has 1 saturated heterocycles. The van der Waals surface area contributed by atoms with Gasteiger partial charge in [0, 0.05) is 25.4 Å². The predicted octanol–water partition coefficient (Wildman–Crippen LogP) is 4.17. The number of Topliss-reactive ketones (excluding diaryl/α,β-unsaturated/α-hetero) is 1. The lowest BCUT2D eigenvalue weighted by Gasteiger charge is -2.24. The normalized spacial score (nSPS) is 18.9. The topological polar surface area (TPSA) is 46.6 Å². The quantitative estimate of drug-likeness (QED) is 0.662. The van der Waals surface area contributed by atoms with E-state index in [0.29, 0.717) is 25.3 Å². The van der Waals surface area contributed by atoms with E-state index in [-0.39, 0.29) is 12.0 Å². The van der Waals surface area contributed by atoms with E-state index in [1.54, 1.807) is 4.90 Å². The molecule has 0 radical (unpaired) electrons. The number of likely N-dealkylation sites (tertiary alicyclic amines) is 1. The Labute approximate surface area is 129 Å². The molecule has 0 aromatic rings. The molecule has 0 N–H and O–H groups in total. The molecule has 21 heavy (non-hydrogen) atoms. The van der Waals surface area contributed by atoms with Gasteiger partial charge < -0.3 is 9.64 Å². The highest BCUT2D eigenvalue weighted by Gasteiger charge is 2.32. The van der Waals surface area contributed by atoms with Gasteiger partial charge in [-0.25, -0.2) is 4.79 Å². The van der Waals surface area contributed by atoms with Crippen molar-refractivity contribution in [3.05, 3.63) is 0 Å². The largest absolute Gasteiger partial charge is 0.444 e. The van der Waals surface area contributed by atoms with Gasteiger partial charge in [-0.05, 0) is 33.6 Å². The van der Waals surface area contributed by atoms with E-state index in [9.17, 15) is 9.59 Å². The molecule has 0 aromatic carbocycles. The number of nitrogens with zero attached hydrogens (tertiary/aromatic N) is 1. The number of ether oxygens (including phenoxy) is 1. The zero-order chi connectivity index (χ0) is 15.9. The first-order chi connectivity index (χ1) is 9.83. The second-order valence-electron chi connectivity index (χ2n) is 7.04. The lowest BCUT2D eigenvalue weighted by atomic mass is 9.98. The molecule has 1 unspecified atom stereocenters. The van der Waals surface area contributed by atoms with Crippen LogP contribution in [0.25, 0.3) is 0 Å². The average molecular weight is 297 g/mol. The molecule has 0 aromatic heterocycles. The Morgan fingerprint density at radius 2 is 1.81 bits per heavy atom. The van der Waals surface area contributed by atoms with Crippen molar-refractivity contribution in [3.63, 3.8) is 0 Å². The third-order valence-corrected chi connectivity index (χ3v) is 3.82. The maximum absolute atomic E-state index is 12.2. The van der Waals surface area contributed by atoms with Crippen LogP contribution in [0.5, 0.6) is 0 Å². The Bertz CT molecular complexity index is 346. The second-order valence-corrected chi connectivity index (χ2v) is 7.04. The molecule has 1 rings (SSSR count). The fourth-order valence-corrected chi connectivity index (χ4v) is 2.62. The summed E-state index contributed by atoms with van der Waals surface area (Å²) in [6.07, 6.45) is 6.98. The average Bonchev–Trinajstić information content (AvgIpc) is 2.86. The van der Waals surface area contributed by atoms with Crippen molar-refractivity contribution in [2.45, 2.75) is 78.2 Å². The van der Waals surface area contributed by atoms with Crippen LogP contribution in [0.15, 0.2) is 0 Å². The van der Waals surface area contributed by atoms with Crippen LogP contribution in [0.2, 0.25) is 0 Å². The van der Waals surface area contributed by atoms with E-state index < -0.39 is 5.60 Å². The molecule has 0 bridgehead atoms. The summed E-state index contributed by atoms with van der Waals surface area (Å²) in [5.74, 6) is 0.334. The van der Waals surface area contributed by atoms with Crippen LogP contribution in [0, 0.1) is 5.92 Å². The number of carbonyl (C=O) groups is 2. The minimum atomic E-state index is -0.474. The first kappa shape index (κ1) is 18.0. The molecule has 1 fully saturated rings. The van der Waals surface area contributed by atoms with Gasteiger partial charge in [0.1, 0.15) is 11.4 Å². The molecule has 4 nitrogen and oxygen atoms in total. The van der Waals surface area contributed by atoms with Crippen molar-refractivity contribution >= 4 is 11.9 Å². The molecule has 122 valence electrons. The summed E-state index contributed by atoms with van der Waals surface area (Å²) in [7, 11) is 0. The van der Waals surface area contributed by atoms with Crippen molar-refractivity contribution < 1.29 is 14.3 Å². The van der Waals surface area contributed by atoms with Crippen LogP contribution >= 0.6 is 0 Å². The molecule has 0 spiro atoms. The van der Waals surface area contributed by atoms with Gasteiger partial charge in [-0.15, -0.1) is 0 Å². The summed E-state index contributed by atoms with van der Waals surface area (Å²) in [6, 6.07) is 0. The number of ketones is 1. The van der Waals surface area contributed by atoms with Crippen molar-refractivity contribution in [2.24, 2.45) is 5.92 Å². The van der Waals surface area contributed by atoms with Crippen LogP contribution in [0.3, 0.4) is 0 Å². The third kappa shape index (κ3) is 6.96. The maximum atomic E-state index is 12.2. The highest BCUT2D eigenvalue weighted by atomic mass is 16.6. The molecule has 1 aliphatic rings. The van der Waals surface area contributed by atoms with Gasteiger partial charge in [-0.1, -0.05) is 32.6 Å². The highest BCUT2D eigenvalue weighted by Crippen LogP contribution is 2.22. The first-order valence-electron chi connectivity index (χ1n) is 8.34. The van der Waals surface area contributed by atoms with Gasteiger partial charge in [0.15, 0.2) is 0 Å². The van der Waals surface area contributed by atoms with Gasteiger partial charge in [-0.3, -0.25) is 4.79 Å². The van der Waals surface area contributed by atoms with Crippen LogP contribution in [0.1, 0.15) is 72.6 Å². The Morgan fingerprint density at radius 1 is 1.14 bits per heavy atom. The summed E-state index contributed by atoms with van der Waals surface area (Å²) in [6.45, 7) is 8.94. The van der Waals surface area contributed by atoms with Crippen LogP contribution < -0.4 is 0 Å². The predicted molar refractivity (Wildman–Crippen MR) is 84.3 cm³/mol. The second kappa shape index (κ2) is 8.40. The van der Waals surface area contributed by atoms with Gasteiger partial charge >= 0.3 is 6.09 Å². The number of rotatable bonds is 7. The molecular formula is C17H31NO3. The number of amides is 1. The molecule has 0 saturated carbocycles. The summed E-state index contributed by atoms with van der Waals surface area (Å²) in [5, 5.41) is 0. The fourth-order valence-electron chi connectivity index (χ4n) is 2.62. The van der Waals surface area contributed by atoms with E-state index in [4.69, 9.17) is 4.74 Å². The van der Waals surface area contributed by atoms with Gasteiger partial charge in [0.25, 0.3) is 0 Å². The van der Waals surface area contributed by atoms with E-state index in [0.717, 1.165) is 19.3 Å². The zero-order valence-electron chi connectivity index (χ0n) is 14.1. The molecule has 4 heteroatoms. The Hall–Kier alpha value is -1.06. The summed E-state index contributed by atoms with van der Waals surface area (Å²) >= 11 is 0. The minimum absolute atomic E-state index is 0.0173. The SMILES string of the molecule is CCCCCCCC(=O)C1CCN(C(=O)OC(C)(C)C)C1. The molecule has 1 amide bonds. The van der Waals surface area contributed by atoms with E-state index in [1.807, 2.05) is 20.8 Å². The lowest BCUT2D eigenvalue weighted by molar-refractivity contribution is -0.122. The van der Waals surface area contributed by atoms with E-state index in [2.05, 4.69) is 6.92 Å². The molecular weight excluding hydrogens is 266 g/mol. The number of hydrogen-bond donors (Lipinski definition) is 0. The summed E-state index contributed by atoms with van der Waals surface area (Å²) in [4.78, 5) is 25.8. The highest BCUT2D eigenvalue weighted by molar-refractivity contribution is 5.82. The maximum Gasteiger partial charge on any atom is 0.410 e. The van der Waals surface area contributed by atoms with Crippen molar-refractivity contribution in [1.29, 1.82) is 0 Å². The summed E-state index contributed by atoms with van der Waals surface area (Å²) in [5.41, 5.74) is -0.474. The monoisotopic (exact) mass is 297 g/mol. The standard InChI is InChI=1S/C17H31NO3/c1-5-6-7-8-9-10-15(19)14-11-12-18(13-14)16(20)21-17(2,3)4/h14H,5-13H2,1-4H3. The molecule has 1 atom stereocenters. The minimum Gasteiger partial charge on any atom is -0.444 e. The number of unbranched alkanes of at least 4 members (excludes halogenated alkanes) is 4. The lowest BCUT2D eigenvalue weighted by Crippen LogP contribution is -2.35. The van der Waals surface area contributed by atoms with Gasteiger partial charge in [0.2, 0.25) is 0 Å². The molecule has 1 heterocycles. The first-order valence-corrected chi connectivity index (χ1v) is 8.34. The number of hydrogen-bond acceptors (Lipinski definition) is 3. The molecule has 0 aliphatic carbocycles. The Kier molecular flexibility index (Phi) is 7.20. The molecule has 1 aliphatic heterocycles. The van der Waals surface area contributed by atoms with Crippen LogP contribution in [0.4, 0.5) is 4.79 Å².